The van der Waals surface area contributed by atoms with Crippen LogP contribution in [0.5, 0.6) is 0 Å². The fraction of sp³-hybridized carbons (Fsp3) is 0.154. The van der Waals surface area contributed by atoms with E-state index in [1.54, 1.807) is 17.7 Å². The van der Waals surface area contributed by atoms with Gasteiger partial charge < -0.3 is 9.30 Å². The Bertz CT molecular complexity index is 792. The first-order valence-electron chi connectivity index (χ1n) is 6.56. The van der Waals surface area contributed by atoms with Crippen molar-refractivity contribution in [2.75, 3.05) is 12.0 Å². The molecular formula is C13H11Cl2N5O4. The van der Waals surface area contributed by atoms with Crippen LogP contribution in [0.25, 0.3) is 5.69 Å². The second-order valence-corrected chi connectivity index (χ2v) is 5.05. The predicted molar refractivity (Wildman–Crippen MR) is 88.8 cm³/mol. The van der Waals surface area contributed by atoms with Gasteiger partial charge in [0, 0.05) is 18.5 Å². The second kappa shape index (κ2) is 7.75. The highest BCUT2D eigenvalue weighted by Gasteiger charge is 2.19. The number of halogens is 2. The average Bonchev–Trinajstić information content (AvgIpc) is 3.07. The molecule has 0 spiro atoms. The molecule has 0 radical (unpaired) electrons. The Balaban J connectivity index is 2.40. The van der Waals surface area contributed by atoms with E-state index in [1.807, 2.05) is 0 Å². The molecule has 0 aliphatic carbocycles. The molecule has 126 valence electrons. The van der Waals surface area contributed by atoms with Crippen LogP contribution in [0.2, 0.25) is 5.02 Å². The highest BCUT2D eigenvalue weighted by atomic mass is 35.5. The molecule has 1 aromatic heterocycles. The summed E-state index contributed by atoms with van der Waals surface area (Å²) in [5, 5.41) is 14.4. The van der Waals surface area contributed by atoms with E-state index in [2.05, 4.69) is 20.2 Å². The molecule has 0 bridgehead atoms. The van der Waals surface area contributed by atoms with Crippen LogP contribution in [0.15, 0.2) is 36.0 Å². The number of benzene rings is 1. The number of hydrogen-bond donors (Lipinski definition) is 1. The van der Waals surface area contributed by atoms with Crippen molar-refractivity contribution < 1.29 is 14.5 Å². The van der Waals surface area contributed by atoms with Crippen molar-refractivity contribution in [2.24, 2.45) is 5.10 Å². The standard InChI is InChI=1S/C13H11Cl2N5O4/c1-2-24-13(21)12(15)18-17-9-6-10(19-4-3-16-7-19)8(14)5-11(9)20(22)23/h3-7,17H,2H2,1H3/b18-12+. The Morgan fingerprint density at radius 1 is 1.54 bits per heavy atom. The van der Waals surface area contributed by atoms with Gasteiger partial charge in [0.25, 0.3) is 5.69 Å². The lowest BCUT2D eigenvalue weighted by molar-refractivity contribution is -0.383. The molecule has 2 rings (SSSR count). The van der Waals surface area contributed by atoms with E-state index in [4.69, 9.17) is 23.2 Å². The minimum atomic E-state index is -0.849. The summed E-state index contributed by atoms with van der Waals surface area (Å²) in [5.41, 5.74) is 2.48. The number of hydrogen-bond acceptors (Lipinski definition) is 7. The van der Waals surface area contributed by atoms with E-state index in [-0.39, 0.29) is 23.0 Å². The number of nitro groups is 1. The fourth-order valence-electron chi connectivity index (χ4n) is 1.74. The molecular weight excluding hydrogens is 361 g/mol. The van der Waals surface area contributed by atoms with Crippen molar-refractivity contribution in [3.8, 4) is 5.69 Å². The van der Waals surface area contributed by atoms with Crippen molar-refractivity contribution in [3.63, 3.8) is 0 Å². The first-order valence-corrected chi connectivity index (χ1v) is 7.32. The second-order valence-electron chi connectivity index (χ2n) is 4.28. The number of nitrogens with one attached hydrogen (secondary N) is 1. The van der Waals surface area contributed by atoms with Crippen LogP contribution in [0, 0.1) is 10.1 Å². The van der Waals surface area contributed by atoms with E-state index in [1.165, 1.54) is 18.6 Å². The minimum absolute atomic E-state index is 0.00412. The maximum Gasteiger partial charge on any atom is 0.370 e. The average molecular weight is 372 g/mol. The Labute approximate surface area is 146 Å². The van der Waals surface area contributed by atoms with Crippen LogP contribution >= 0.6 is 23.2 Å². The summed E-state index contributed by atoms with van der Waals surface area (Å²) < 4.78 is 6.23. The number of carbonyl (C=O) groups excluding carboxylic acids is 1. The Hall–Kier alpha value is -2.65. The number of nitro benzene ring substituents is 1. The third kappa shape index (κ3) is 4.00. The zero-order valence-electron chi connectivity index (χ0n) is 12.3. The van der Waals surface area contributed by atoms with Crippen LogP contribution in [-0.2, 0) is 9.53 Å². The normalized spacial score (nSPS) is 11.2. The lowest BCUT2D eigenvalue weighted by Gasteiger charge is -2.09. The molecule has 2 aromatic rings. The third-order valence-electron chi connectivity index (χ3n) is 2.76. The van der Waals surface area contributed by atoms with Gasteiger partial charge in [0.2, 0.25) is 5.17 Å². The van der Waals surface area contributed by atoms with E-state index in [9.17, 15) is 14.9 Å². The van der Waals surface area contributed by atoms with Crippen molar-refractivity contribution in [1.82, 2.24) is 9.55 Å². The summed E-state index contributed by atoms with van der Waals surface area (Å²) in [4.78, 5) is 25.8. The first kappa shape index (κ1) is 17.7. The molecule has 11 heteroatoms. The minimum Gasteiger partial charge on any atom is -0.461 e. The highest BCUT2D eigenvalue weighted by molar-refractivity contribution is 6.82. The Morgan fingerprint density at radius 3 is 2.88 bits per heavy atom. The fourth-order valence-corrected chi connectivity index (χ4v) is 2.09. The lowest BCUT2D eigenvalue weighted by atomic mass is 10.2. The van der Waals surface area contributed by atoms with E-state index in [0.717, 1.165) is 6.07 Å². The van der Waals surface area contributed by atoms with Crippen molar-refractivity contribution in [1.29, 1.82) is 0 Å². The topological polar surface area (TPSA) is 112 Å². The third-order valence-corrected chi connectivity index (χ3v) is 3.30. The molecule has 0 aliphatic heterocycles. The van der Waals surface area contributed by atoms with Gasteiger partial charge in [0.1, 0.15) is 5.69 Å². The molecule has 0 unspecified atom stereocenters. The van der Waals surface area contributed by atoms with E-state index >= 15 is 0 Å². The van der Waals surface area contributed by atoms with Crippen LogP contribution in [0.1, 0.15) is 6.92 Å². The number of carbonyl (C=O) groups is 1. The van der Waals surface area contributed by atoms with Gasteiger partial charge >= 0.3 is 5.97 Å². The maximum absolute atomic E-state index is 11.4. The maximum atomic E-state index is 11.4. The summed E-state index contributed by atoms with van der Waals surface area (Å²) in [5.74, 6) is -0.849. The number of rotatable bonds is 6. The molecule has 0 saturated carbocycles. The number of imidazole rings is 1. The Kier molecular flexibility index (Phi) is 5.72. The zero-order valence-corrected chi connectivity index (χ0v) is 13.8. The predicted octanol–water partition coefficient (Wildman–Crippen LogP) is 2.96. The van der Waals surface area contributed by atoms with Gasteiger partial charge in [-0.2, -0.15) is 5.10 Å². The van der Waals surface area contributed by atoms with Gasteiger partial charge in [-0.3, -0.25) is 15.5 Å². The molecule has 0 saturated heterocycles. The quantitative estimate of drug-likeness (QED) is 0.361. The number of aromatic nitrogens is 2. The first-order chi connectivity index (χ1) is 11.4. The van der Waals surface area contributed by atoms with Crippen molar-refractivity contribution in [2.45, 2.75) is 6.92 Å². The summed E-state index contributed by atoms with van der Waals surface area (Å²) in [6.45, 7) is 1.73. The molecule has 9 nitrogen and oxygen atoms in total. The molecule has 0 fully saturated rings. The number of esters is 1. The lowest BCUT2D eigenvalue weighted by Crippen LogP contribution is -2.13. The SMILES string of the molecule is CCOC(=O)/C(Cl)=N\Nc1cc(-n2ccnc2)c(Cl)cc1[N+](=O)[O-]. The molecule has 0 amide bonds. The van der Waals surface area contributed by atoms with E-state index < -0.39 is 16.1 Å². The molecule has 24 heavy (non-hydrogen) atoms. The van der Waals surface area contributed by atoms with Crippen molar-refractivity contribution >= 4 is 45.7 Å². The summed E-state index contributed by atoms with van der Waals surface area (Å²) in [7, 11) is 0. The van der Waals surface area contributed by atoms with Gasteiger partial charge in [-0.1, -0.05) is 23.2 Å². The van der Waals surface area contributed by atoms with Gasteiger partial charge in [-0.15, -0.1) is 0 Å². The summed E-state index contributed by atoms with van der Waals surface area (Å²) >= 11 is 11.7. The number of anilines is 1. The number of ether oxygens (including phenoxy) is 1. The molecule has 1 heterocycles. The van der Waals surface area contributed by atoms with Crippen molar-refractivity contribution in [3.05, 3.63) is 46.0 Å². The summed E-state index contributed by atoms with van der Waals surface area (Å²) in [6.07, 6.45) is 4.62. The Morgan fingerprint density at radius 2 is 2.29 bits per heavy atom. The monoisotopic (exact) mass is 371 g/mol. The smallest absolute Gasteiger partial charge is 0.370 e. The molecule has 1 aromatic carbocycles. The molecule has 1 N–H and O–H groups in total. The van der Waals surface area contributed by atoms with Crippen LogP contribution in [0.3, 0.4) is 0 Å². The van der Waals surface area contributed by atoms with Crippen LogP contribution < -0.4 is 5.43 Å². The molecule has 0 aliphatic rings. The van der Waals surface area contributed by atoms with Crippen LogP contribution in [-0.4, -0.2) is 32.2 Å². The number of hydrazone groups is 1. The van der Waals surface area contributed by atoms with E-state index in [0.29, 0.717) is 5.69 Å². The zero-order chi connectivity index (χ0) is 17.7. The number of nitrogens with zero attached hydrogens (tertiary/aromatic N) is 4. The largest absolute Gasteiger partial charge is 0.461 e. The van der Waals surface area contributed by atoms with Gasteiger partial charge in [0.05, 0.1) is 28.6 Å². The van der Waals surface area contributed by atoms with Gasteiger partial charge in [-0.25, -0.2) is 9.78 Å². The summed E-state index contributed by atoms with van der Waals surface area (Å²) in [6, 6.07) is 2.55. The molecule has 0 atom stereocenters. The highest BCUT2D eigenvalue weighted by Crippen LogP contribution is 2.33. The van der Waals surface area contributed by atoms with Gasteiger partial charge in [-0.05, 0) is 13.0 Å². The van der Waals surface area contributed by atoms with Crippen LogP contribution in [0.4, 0.5) is 11.4 Å². The van der Waals surface area contributed by atoms with Gasteiger partial charge in [0.15, 0.2) is 0 Å².